The minimum absolute atomic E-state index is 0.00964. The van der Waals surface area contributed by atoms with Gasteiger partial charge in [-0.25, -0.2) is 0 Å². The van der Waals surface area contributed by atoms with Crippen LogP contribution in [0.25, 0.3) is 0 Å². The molecule has 2 aliphatic rings. The van der Waals surface area contributed by atoms with Crippen LogP contribution in [-0.4, -0.2) is 64.5 Å². The Balaban J connectivity index is 1.73. The molecule has 7 heteroatoms. The number of rotatable bonds is 8. The summed E-state index contributed by atoms with van der Waals surface area (Å²) in [5.41, 5.74) is 1.61. The average Bonchev–Trinajstić information content (AvgIpc) is 3.37. The summed E-state index contributed by atoms with van der Waals surface area (Å²) in [4.78, 5) is 55.8. The fraction of sp³-hybridized carbons (Fsp3) is 0.655. The Hall–Kier alpha value is -2.70. The van der Waals surface area contributed by atoms with E-state index in [1.807, 2.05) is 26.0 Å². The molecule has 1 N–H and O–H groups in total. The molecule has 198 valence electrons. The first-order valence-electron chi connectivity index (χ1n) is 13.3. The van der Waals surface area contributed by atoms with Gasteiger partial charge in [0.2, 0.25) is 11.8 Å². The van der Waals surface area contributed by atoms with Crippen LogP contribution in [-0.2, 0) is 19.8 Å². The lowest BCUT2D eigenvalue weighted by molar-refractivity contribution is -0.138. The van der Waals surface area contributed by atoms with E-state index in [4.69, 9.17) is 0 Å². The molecule has 2 saturated heterocycles. The lowest BCUT2D eigenvalue weighted by Gasteiger charge is -2.29. The van der Waals surface area contributed by atoms with E-state index in [-0.39, 0.29) is 47.4 Å². The zero-order valence-electron chi connectivity index (χ0n) is 23.0. The molecule has 0 aromatic heterocycles. The van der Waals surface area contributed by atoms with E-state index in [9.17, 15) is 19.2 Å². The smallest absolute Gasteiger partial charge is 0.251 e. The number of fused-ring (bicyclic) bond motifs is 1. The summed E-state index contributed by atoms with van der Waals surface area (Å²) in [5, 5.41) is 2.94. The number of amides is 3. The highest BCUT2D eigenvalue weighted by molar-refractivity contribution is 6.00. The summed E-state index contributed by atoms with van der Waals surface area (Å²) >= 11 is 0. The summed E-state index contributed by atoms with van der Waals surface area (Å²) < 4.78 is 0. The van der Waals surface area contributed by atoms with Crippen LogP contribution in [0.3, 0.4) is 0 Å². The van der Waals surface area contributed by atoms with Gasteiger partial charge in [0.1, 0.15) is 12.1 Å². The van der Waals surface area contributed by atoms with Gasteiger partial charge < -0.3 is 15.1 Å². The van der Waals surface area contributed by atoms with Crippen molar-refractivity contribution in [2.45, 2.75) is 97.7 Å². The number of nitrogens with one attached hydrogen (secondary N) is 1. The maximum Gasteiger partial charge on any atom is 0.251 e. The zero-order chi connectivity index (χ0) is 26.8. The summed E-state index contributed by atoms with van der Waals surface area (Å²) in [6, 6.07) is 5.87. The van der Waals surface area contributed by atoms with E-state index in [2.05, 4.69) is 39.9 Å². The second-order valence-corrected chi connectivity index (χ2v) is 12.2. The number of carbonyl (C=O) groups is 4. The summed E-state index contributed by atoms with van der Waals surface area (Å²) in [6.07, 6.45) is 2.26. The molecule has 3 rings (SSSR count). The van der Waals surface area contributed by atoms with E-state index < -0.39 is 12.1 Å². The molecule has 3 amide bonds. The molecule has 2 heterocycles. The van der Waals surface area contributed by atoms with Crippen LogP contribution >= 0.6 is 0 Å². The normalized spacial score (nSPS) is 20.8. The first kappa shape index (κ1) is 27.9. The van der Waals surface area contributed by atoms with Crippen molar-refractivity contribution in [2.24, 2.45) is 11.8 Å². The number of carbonyl (C=O) groups excluding carboxylic acids is 4. The van der Waals surface area contributed by atoms with E-state index in [0.29, 0.717) is 37.3 Å². The average molecular weight is 498 g/mol. The molecule has 1 aromatic carbocycles. The molecule has 0 spiro atoms. The number of benzene rings is 1. The molecule has 3 unspecified atom stereocenters. The fourth-order valence-electron chi connectivity index (χ4n) is 5.20. The number of likely N-dealkylation sites (tertiary alicyclic amines) is 2. The van der Waals surface area contributed by atoms with Crippen molar-refractivity contribution < 1.29 is 19.2 Å². The van der Waals surface area contributed by atoms with Gasteiger partial charge >= 0.3 is 0 Å². The molecule has 36 heavy (non-hydrogen) atoms. The van der Waals surface area contributed by atoms with Gasteiger partial charge in [-0.3, -0.25) is 19.2 Å². The van der Waals surface area contributed by atoms with Crippen molar-refractivity contribution in [3.63, 3.8) is 0 Å². The van der Waals surface area contributed by atoms with Gasteiger partial charge in [0, 0.05) is 18.5 Å². The van der Waals surface area contributed by atoms with Gasteiger partial charge in [0.05, 0.1) is 12.6 Å². The van der Waals surface area contributed by atoms with Gasteiger partial charge in [-0.2, -0.15) is 0 Å². The fourth-order valence-corrected chi connectivity index (χ4v) is 5.20. The maximum absolute atomic E-state index is 13.7. The zero-order valence-corrected chi connectivity index (χ0v) is 23.0. The largest absolute Gasteiger partial charge is 0.340 e. The highest BCUT2D eigenvalue weighted by Crippen LogP contribution is 2.31. The predicted molar refractivity (Wildman–Crippen MR) is 141 cm³/mol. The molecule has 2 aliphatic heterocycles. The Bertz CT molecular complexity index is 977. The maximum atomic E-state index is 13.7. The van der Waals surface area contributed by atoms with Crippen LogP contribution in [0.15, 0.2) is 24.3 Å². The minimum atomic E-state index is -0.725. The van der Waals surface area contributed by atoms with Crippen molar-refractivity contribution in [1.29, 1.82) is 0 Å². The third-order valence-corrected chi connectivity index (χ3v) is 7.29. The minimum Gasteiger partial charge on any atom is -0.340 e. The monoisotopic (exact) mass is 497 g/mol. The van der Waals surface area contributed by atoms with Gasteiger partial charge in [0.15, 0.2) is 5.78 Å². The summed E-state index contributed by atoms with van der Waals surface area (Å²) in [7, 11) is 0. The van der Waals surface area contributed by atoms with Gasteiger partial charge in [-0.05, 0) is 54.2 Å². The van der Waals surface area contributed by atoms with Crippen LogP contribution in [0, 0.1) is 11.8 Å². The predicted octanol–water partition coefficient (Wildman–Crippen LogP) is 3.95. The summed E-state index contributed by atoms with van der Waals surface area (Å²) in [5.74, 6) is -0.0426. The SMILES string of the molecule is CC(C)CCC(=O)N1CC(=O)C2C1CCN2C(=O)C(CC(C)C)NC(=O)c1ccc(C(C)(C)C)cc1. The Morgan fingerprint density at radius 3 is 2.19 bits per heavy atom. The van der Waals surface area contributed by atoms with Crippen molar-refractivity contribution in [2.75, 3.05) is 13.1 Å². The molecular formula is C29H43N3O4. The highest BCUT2D eigenvalue weighted by Gasteiger charge is 2.52. The van der Waals surface area contributed by atoms with Crippen LogP contribution < -0.4 is 5.32 Å². The number of ketones is 1. The molecule has 0 saturated carbocycles. The van der Waals surface area contributed by atoms with Crippen LogP contribution in [0.2, 0.25) is 0 Å². The molecule has 3 atom stereocenters. The van der Waals surface area contributed by atoms with E-state index in [0.717, 1.165) is 12.0 Å². The van der Waals surface area contributed by atoms with E-state index >= 15 is 0 Å². The van der Waals surface area contributed by atoms with Crippen LogP contribution in [0.4, 0.5) is 0 Å². The lowest BCUT2D eigenvalue weighted by atomic mass is 9.86. The molecule has 1 aromatic rings. The second kappa shape index (κ2) is 11.1. The Morgan fingerprint density at radius 1 is 1.00 bits per heavy atom. The first-order valence-corrected chi connectivity index (χ1v) is 13.3. The van der Waals surface area contributed by atoms with Crippen molar-refractivity contribution in [1.82, 2.24) is 15.1 Å². The van der Waals surface area contributed by atoms with Crippen molar-refractivity contribution in [3.8, 4) is 0 Å². The van der Waals surface area contributed by atoms with E-state index in [1.54, 1.807) is 21.9 Å². The quantitative estimate of drug-likeness (QED) is 0.589. The highest BCUT2D eigenvalue weighted by atomic mass is 16.2. The number of nitrogens with zero attached hydrogens (tertiary/aromatic N) is 2. The third-order valence-electron chi connectivity index (χ3n) is 7.29. The Labute approximate surface area is 216 Å². The number of Topliss-reactive ketones (excluding diaryl/α,β-unsaturated/α-hetero) is 1. The van der Waals surface area contributed by atoms with Crippen molar-refractivity contribution >= 4 is 23.5 Å². The van der Waals surface area contributed by atoms with Gasteiger partial charge in [0.25, 0.3) is 5.91 Å². The van der Waals surface area contributed by atoms with Gasteiger partial charge in [-0.1, -0.05) is 60.6 Å². The van der Waals surface area contributed by atoms with Crippen LogP contribution in [0.5, 0.6) is 0 Å². The number of hydrogen-bond acceptors (Lipinski definition) is 4. The molecule has 2 fully saturated rings. The van der Waals surface area contributed by atoms with Gasteiger partial charge in [-0.15, -0.1) is 0 Å². The topological polar surface area (TPSA) is 86.8 Å². The molecule has 0 bridgehead atoms. The second-order valence-electron chi connectivity index (χ2n) is 12.2. The molecule has 0 aliphatic carbocycles. The van der Waals surface area contributed by atoms with Crippen molar-refractivity contribution in [3.05, 3.63) is 35.4 Å². The lowest BCUT2D eigenvalue weighted by Crippen LogP contribution is -2.53. The Morgan fingerprint density at radius 2 is 1.64 bits per heavy atom. The molecule has 7 nitrogen and oxygen atoms in total. The standard InChI is InChI=1S/C29H43N3O4/c1-18(2)8-13-25(34)32-17-24(33)26-23(32)14-15-31(26)28(36)22(16-19(3)4)30-27(35)20-9-11-21(12-10-20)29(5,6)7/h9-12,18-19,22-23,26H,8,13-17H2,1-7H3,(H,30,35). The van der Waals surface area contributed by atoms with E-state index in [1.165, 1.54) is 0 Å². The number of hydrogen-bond donors (Lipinski definition) is 1. The molecular weight excluding hydrogens is 454 g/mol. The van der Waals surface area contributed by atoms with Crippen LogP contribution in [0.1, 0.15) is 90.1 Å². The Kier molecular flexibility index (Phi) is 8.63. The molecule has 0 radical (unpaired) electrons. The first-order chi connectivity index (χ1) is 16.8. The third kappa shape index (κ3) is 6.34. The summed E-state index contributed by atoms with van der Waals surface area (Å²) in [6.45, 7) is 15.0.